The van der Waals surface area contributed by atoms with Gasteiger partial charge in [-0.1, -0.05) is 32.0 Å². The van der Waals surface area contributed by atoms with Crippen molar-refractivity contribution < 1.29 is 14.7 Å². The van der Waals surface area contributed by atoms with Gasteiger partial charge in [0, 0.05) is 49.0 Å². The van der Waals surface area contributed by atoms with Crippen molar-refractivity contribution in [3.8, 4) is 16.2 Å². The number of benzene rings is 2. The zero-order valence-corrected chi connectivity index (χ0v) is 22.9. The number of hydrogen-bond acceptors (Lipinski definition) is 6. The lowest BCUT2D eigenvalue weighted by atomic mass is 10.0. The molecular formula is C30H36N4O3S. The van der Waals surface area contributed by atoms with E-state index in [-0.39, 0.29) is 29.4 Å². The Morgan fingerprint density at radius 1 is 1.03 bits per heavy atom. The van der Waals surface area contributed by atoms with Crippen molar-refractivity contribution in [2.45, 2.75) is 26.2 Å². The maximum absolute atomic E-state index is 13.1. The number of piperazine rings is 1. The quantitative estimate of drug-likeness (QED) is 0.426. The zero-order chi connectivity index (χ0) is 26.6. The second kappa shape index (κ2) is 11.6. The van der Waals surface area contributed by atoms with Crippen LogP contribution in [-0.4, -0.2) is 72.5 Å². The number of carbonyl (C=O) groups excluding carboxylic acids is 2. The highest BCUT2D eigenvalue weighted by atomic mass is 32.1. The number of phenolic OH excluding ortho intramolecular Hbond substituents is 1. The smallest absolute Gasteiger partial charge is 0.236 e. The van der Waals surface area contributed by atoms with Gasteiger partial charge >= 0.3 is 0 Å². The molecule has 2 saturated heterocycles. The minimum Gasteiger partial charge on any atom is -0.508 e. The van der Waals surface area contributed by atoms with Gasteiger partial charge in [0.2, 0.25) is 11.8 Å². The van der Waals surface area contributed by atoms with E-state index in [0.717, 1.165) is 31.6 Å². The maximum atomic E-state index is 13.1. The fraction of sp³-hybridized carbons (Fsp3) is 0.400. The van der Waals surface area contributed by atoms with E-state index in [4.69, 9.17) is 0 Å². The van der Waals surface area contributed by atoms with E-state index in [1.165, 1.54) is 16.1 Å². The summed E-state index contributed by atoms with van der Waals surface area (Å²) in [5.74, 6) is 0.373. The number of nitrogens with zero attached hydrogens (tertiary/aromatic N) is 3. The molecular weight excluding hydrogens is 496 g/mol. The van der Waals surface area contributed by atoms with Crippen molar-refractivity contribution in [3.63, 3.8) is 0 Å². The fourth-order valence-electron chi connectivity index (χ4n) is 5.33. The summed E-state index contributed by atoms with van der Waals surface area (Å²) in [5.41, 5.74) is 3.95. The van der Waals surface area contributed by atoms with Crippen molar-refractivity contribution in [2.75, 3.05) is 56.0 Å². The van der Waals surface area contributed by atoms with Crippen LogP contribution in [0.25, 0.3) is 10.4 Å². The molecule has 2 N–H and O–H groups in total. The second-order valence-corrected chi connectivity index (χ2v) is 11.5. The molecule has 2 amide bonds. The van der Waals surface area contributed by atoms with Crippen LogP contribution in [0, 0.1) is 5.92 Å². The molecule has 5 rings (SSSR count). The normalized spacial score (nSPS) is 18.2. The molecule has 2 aliphatic rings. The minimum atomic E-state index is -0.147. The van der Waals surface area contributed by atoms with Gasteiger partial charge in [-0.05, 0) is 71.8 Å². The number of nitrogens with one attached hydrogen (secondary N) is 1. The molecule has 0 saturated carbocycles. The van der Waals surface area contributed by atoms with Crippen LogP contribution in [0.4, 0.5) is 11.4 Å². The first-order valence-electron chi connectivity index (χ1n) is 13.4. The maximum Gasteiger partial charge on any atom is 0.236 e. The van der Waals surface area contributed by atoms with Gasteiger partial charge in [0.1, 0.15) is 5.75 Å². The predicted octanol–water partition coefficient (Wildman–Crippen LogP) is 4.85. The first-order valence-corrected chi connectivity index (χ1v) is 14.3. The summed E-state index contributed by atoms with van der Waals surface area (Å²) >= 11 is 1.74. The van der Waals surface area contributed by atoms with Crippen molar-refractivity contribution >= 4 is 34.5 Å². The average molecular weight is 533 g/mol. The molecule has 0 spiro atoms. The molecule has 0 unspecified atom stereocenters. The van der Waals surface area contributed by atoms with Crippen LogP contribution < -0.4 is 10.2 Å². The van der Waals surface area contributed by atoms with Crippen LogP contribution in [-0.2, 0) is 9.59 Å². The third-order valence-electron chi connectivity index (χ3n) is 7.57. The highest BCUT2D eigenvalue weighted by molar-refractivity contribution is 7.13. The van der Waals surface area contributed by atoms with E-state index < -0.39 is 0 Å². The topological polar surface area (TPSA) is 76.1 Å². The number of likely N-dealkylation sites (tertiary alicyclic amines) is 1. The van der Waals surface area contributed by atoms with Gasteiger partial charge in [0.05, 0.1) is 12.5 Å². The predicted molar refractivity (Wildman–Crippen MR) is 154 cm³/mol. The Morgan fingerprint density at radius 2 is 1.84 bits per heavy atom. The third kappa shape index (κ3) is 6.03. The summed E-state index contributed by atoms with van der Waals surface area (Å²) in [4.78, 5) is 33.6. The van der Waals surface area contributed by atoms with Crippen molar-refractivity contribution in [1.29, 1.82) is 0 Å². The lowest BCUT2D eigenvalue weighted by Gasteiger charge is -2.37. The average Bonchev–Trinajstić information content (AvgIpc) is 3.63. The van der Waals surface area contributed by atoms with Crippen LogP contribution in [0.1, 0.15) is 31.7 Å². The van der Waals surface area contributed by atoms with Gasteiger partial charge < -0.3 is 20.2 Å². The second-order valence-electron chi connectivity index (χ2n) is 10.5. The Bertz CT molecular complexity index is 1270. The summed E-state index contributed by atoms with van der Waals surface area (Å²) in [6.45, 7) is 8.75. The molecule has 0 aliphatic carbocycles. The lowest BCUT2D eigenvalue weighted by molar-refractivity contribution is -0.132. The number of amides is 2. The minimum absolute atomic E-state index is 0.0289. The third-order valence-corrected chi connectivity index (χ3v) is 8.49. The summed E-state index contributed by atoms with van der Waals surface area (Å²) < 4.78 is 0. The summed E-state index contributed by atoms with van der Waals surface area (Å²) in [6, 6.07) is 18.0. The van der Waals surface area contributed by atoms with E-state index in [1.54, 1.807) is 23.5 Å². The molecule has 2 aromatic carbocycles. The molecule has 38 heavy (non-hydrogen) atoms. The van der Waals surface area contributed by atoms with Gasteiger partial charge in [0.25, 0.3) is 0 Å². The van der Waals surface area contributed by atoms with Crippen molar-refractivity contribution in [3.05, 3.63) is 65.5 Å². The molecule has 8 heteroatoms. The monoisotopic (exact) mass is 532 g/mol. The lowest BCUT2D eigenvalue weighted by Crippen LogP contribution is -2.51. The number of carbonyl (C=O) groups is 2. The van der Waals surface area contributed by atoms with Crippen LogP contribution in [0.15, 0.2) is 60.0 Å². The number of aromatic hydroxyl groups is 1. The molecule has 2 fully saturated rings. The van der Waals surface area contributed by atoms with Crippen LogP contribution in [0.2, 0.25) is 0 Å². The summed E-state index contributed by atoms with van der Waals surface area (Å²) in [6.07, 6.45) is 0.739. The van der Waals surface area contributed by atoms with Gasteiger partial charge in [-0.25, -0.2) is 0 Å². The zero-order valence-electron chi connectivity index (χ0n) is 22.1. The summed E-state index contributed by atoms with van der Waals surface area (Å²) in [7, 11) is 0. The highest BCUT2D eigenvalue weighted by Gasteiger charge is 2.31. The first-order chi connectivity index (χ1) is 18.4. The fourth-order valence-corrected chi connectivity index (χ4v) is 6.06. The molecule has 3 aromatic rings. The molecule has 200 valence electrons. The number of thiophene rings is 1. The molecule has 0 bridgehead atoms. The Balaban J connectivity index is 1.09. The SMILES string of the molecule is CC(C)c1cc(NC(=O)[C@@H]2CCN(CC(=O)N3CCN(c4cccc(-c5cccs5)c4)CC3)C2)ccc1O. The molecule has 0 radical (unpaired) electrons. The van der Waals surface area contributed by atoms with Gasteiger partial charge in [-0.3, -0.25) is 14.5 Å². The van der Waals surface area contributed by atoms with Crippen molar-refractivity contribution in [2.24, 2.45) is 5.92 Å². The Kier molecular flexibility index (Phi) is 8.00. The van der Waals surface area contributed by atoms with E-state index >= 15 is 0 Å². The Labute approximate surface area is 228 Å². The molecule has 2 aliphatic heterocycles. The van der Waals surface area contributed by atoms with Gasteiger partial charge in [-0.15, -0.1) is 11.3 Å². The first kappa shape index (κ1) is 26.3. The molecule has 3 heterocycles. The van der Waals surface area contributed by atoms with Crippen LogP contribution in [0.5, 0.6) is 5.75 Å². The number of rotatable bonds is 7. The largest absolute Gasteiger partial charge is 0.508 e. The van der Waals surface area contributed by atoms with E-state index in [9.17, 15) is 14.7 Å². The van der Waals surface area contributed by atoms with Gasteiger partial charge in [0.15, 0.2) is 0 Å². The molecule has 1 aromatic heterocycles. The van der Waals surface area contributed by atoms with Gasteiger partial charge in [-0.2, -0.15) is 0 Å². The molecule has 1 atom stereocenters. The molecule has 7 nitrogen and oxygen atoms in total. The Hall–Kier alpha value is -3.36. The van der Waals surface area contributed by atoms with Crippen LogP contribution >= 0.6 is 11.3 Å². The Morgan fingerprint density at radius 3 is 2.58 bits per heavy atom. The standard InChI is InChI=1S/C30H36N4O3S/c1-21(2)26-18-24(8-9-27(26)35)31-30(37)23-10-11-32(19-23)20-29(36)34-14-12-33(13-15-34)25-6-3-5-22(17-25)28-7-4-16-38-28/h3-9,16-18,21,23,35H,10-15,19-20H2,1-2H3,(H,31,37)/t23-/m1/s1. The summed E-state index contributed by atoms with van der Waals surface area (Å²) in [5, 5.41) is 15.1. The number of hydrogen-bond donors (Lipinski definition) is 2. The number of anilines is 2. The number of phenols is 1. The highest BCUT2D eigenvalue weighted by Crippen LogP contribution is 2.30. The van der Waals surface area contributed by atoms with E-state index in [1.807, 2.05) is 24.8 Å². The van der Waals surface area contributed by atoms with E-state index in [0.29, 0.717) is 31.9 Å². The van der Waals surface area contributed by atoms with Crippen molar-refractivity contribution in [1.82, 2.24) is 9.80 Å². The van der Waals surface area contributed by atoms with Crippen LogP contribution in [0.3, 0.4) is 0 Å². The van der Waals surface area contributed by atoms with E-state index in [2.05, 4.69) is 56.9 Å².